The lowest BCUT2D eigenvalue weighted by molar-refractivity contribution is 0.527. The van der Waals surface area contributed by atoms with Crippen molar-refractivity contribution in [3.63, 3.8) is 0 Å². The van der Waals surface area contributed by atoms with Crippen molar-refractivity contribution in [2.75, 3.05) is 6.54 Å². The Kier molecular flexibility index (Phi) is 5.54. The van der Waals surface area contributed by atoms with Gasteiger partial charge in [0.05, 0.1) is 0 Å². The Morgan fingerprint density at radius 1 is 1.10 bits per heavy atom. The topological polar surface area (TPSA) is 12.0 Å². The van der Waals surface area contributed by atoms with Gasteiger partial charge in [-0.05, 0) is 50.1 Å². The second-order valence-corrected chi connectivity index (χ2v) is 6.39. The molecule has 0 radical (unpaired) electrons. The van der Waals surface area contributed by atoms with Gasteiger partial charge in [0.2, 0.25) is 0 Å². The third kappa shape index (κ3) is 4.39. The van der Waals surface area contributed by atoms with Gasteiger partial charge in [0, 0.05) is 10.5 Å². The number of likely N-dealkylation sites (N-methyl/N-ethyl adjacent to an activating group) is 1. The molecule has 3 heteroatoms. The van der Waals surface area contributed by atoms with E-state index in [0.29, 0.717) is 6.42 Å². The van der Waals surface area contributed by atoms with Crippen LogP contribution in [0.3, 0.4) is 0 Å². The zero-order valence-corrected chi connectivity index (χ0v) is 14.3. The fraction of sp³-hybridized carbons (Fsp3) is 0.333. The predicted octanol–water partition coefficient (Wildman–Crippen LogP) is 5.10. The summed E-state index contributed by atoms with van der Waals surface area (Å²) in [5, 5.41) is 3.47. The Morgan fingerprint density at radius 3 is 2.33 bits per heavy atom. The molecule has 0 spiro atoms. The smallest absolute Gasteiger partial charge is 0.127 e. The number of hydrogen-bond donors (Lipinski definition) is 1. The molecule has 1 N–H and O–H groups in total. The summed E-state index contributed by atoms with van der Waals surface area (Å²) in [4.78, 5) is 0. The van der Waals surface area contributed by atoms with Crippen LogP contribution < -0.4 is 5.32 Å². The van der Waals surface area contributed by atoms with Crippen LogP contribution in [-0.4, -0.2) is 6.54 Å². The van der Waals surface area contributed by atoms with E-state index in [4.69, 9.17) is 0 Å². The molecule has 2 aromatic rings. The Labute approximate surface area is 134 Å². The number of nitrogens with one attached hydrogen (secondary N) is 1. The van der Waals surface area contributed by atoms with Crippen LogP contribution in [0.4, 0.5) is 4.39 Å². The molecule has 0 aliphatic heterocycles. The highest BCUT2D eigenvalue weighted by Gasteiger charge is 2.14. The minimum absolute atomic E-state index is 0.129. The van der Waals surface area contributed by atoms with Crippen LogP contribution in [0.1, 0.15) is 35.2 Å². The van der Waals surface area contributed by atoms with E-state index in [-0.39, 0.29) is 11.9 Å². The van der Waals surface area contributed by atoms with E-state index >= 15 is 0 Å². The average molecular weight is 350 g/mol. The van der Waals surface area contributed by atoms with Crippen LogP contribution in [0.15, 0.2) is 40.9 Å². The molecule has 0 amide bonds. The maximum atomic E-state index is 14.1. The first-order chi connectivity index (χ1) is 9.99. The van der Waals surface area contributed by atoms with Crippen molar-refractivity contribution in [3.8, 4) is 0 Å². The van der Waals surface area contributed by atoms with Gasteiger partial charge < -0.3 is 5.32 Å². The SMILES string of the molecule is CCNC(Cc1ccc(Br)cc1F)c1cc(C)cc(C)c1. The van der Waals surface area contributed by atoms with Crippen molar-refractivity contribution in [1.82, 2.24) is 5.32 Å². The fourth-order valence-electron chi connectivity index (χ4n) is 2.67. The molecule has 0 aliphatic carbocycles. The van der Waals surface area contributed by atoms with Gasteiger partial charge in [0.1, 0.15) is 5.82 Å². The number of rotatable bonds is 5. The van der Waals surface area contributed by atoms with Gasteiger partial charge in [0.25, 0.3) is 0 Å². The molecule has 21 heavy (non-hydrogen) atoms. The third-order valence-electron chi connectivity index (χ3n) is 3.54. The summed E-state index contributed by atoms with van der Waals surface area (Å²) in [6.07, 6.45) is 0.649. The van der Waals surface area contributed by atoms with E-state index in [1.54, 1.807) is 0 Å². The Bertz CT molecular complexity index is 604. The molecule has 1 nitrogen and oxygen atoms in total. The van der Waals surface area contributed by atoms with Gasteiger partial charge in [-0.1, -0.05) is 58.2 Å². The summed E-state index contributed by atoms with van der Waals surface area (Å²) in [6.45, 7) is 7.13. The Morgan fingerprint density at radius 2 is 1.76 bits per heavy atom. The highest BCUT2D eigenvalue weighted by atomic mass is 79.9. The molecule has 0 aromatic heterocycles. The van der Waals surface area contributed by atoms with E-state index in [9.17, 15) is 4.39 Å². The monoisotopic (exact) mass is 349 g/mol. The number of hydrogen-bond acceptors (Lipinski definition) is 1. The first-order valence-corrected chi connectivity index (χ1v) is 8.04. The lowest BCUT2D eigenvalue weighted by Crippen LogP contribution is -2.23. The van der Waals surface area contributed by atoms with Crippen molar-refractivity contribution in [2.24, 2.45) is 0 Å². The van der Waals surface area contributed by atoms with Crippen molar-refractivity contribution >= 4 is 15.9 Å². The van der Waals surface area contributed by atoms with Crippen molar-refractivity contribution < 1.29 is 4.39 Å². The van der Waals surface area contributed by atoms with Gasteiger partial charge in [-0.2, -0.15) is 0 Å². The summed E-state index contributed by atoms with van der Waals surface area (Å²) in [7, 11) is 0. The lowest BCUT2D eigenvalue weighted by Gasteiger charge is -2.20. The summed E-state index contributed by atoms with van der Waals surface area (Å²) in [5.74, 6) is -0.156. The normalized spacial score (nSPS) is 12.4. The predicted molar refractivity (Wildman–Crippen MR) is 90.1 cm³/mol. The van der Waals surface area contributed by atoms with Crippen molar-refractivity contribution in [1.29, 1.82) is 0 Å². The minimum Gasteiger partial charge on any atom is -0.310 e. The van der Waals surface area contributed by atoms with Crippen LogP contribution in [-0.2, 0) is 6.42 Å². The molecule has 2 rings (SSSR count). The molecule has 1 atom stereocenters. The van der Waals surface area contributed by atoms with E-state index < -0.39 is 0 Å². The van der Waals surface area contributed by atoms with E-state index in [1.165, 1.54) is 22.8 Å². The second kappa shape index (κ2) is 7.19. The van der Waals surface area contributed by atoms with E-state index in [0.717, 1.165) is 16.6 Å². The minimum atomic E-state index is -0.156. The molecular formula is C18H21BrFN. The molecule has 0 heterocycles. The number of halogens is 2. The maximum absolute atomic E-state index is 14.1. The molecule has 112 valence electrons. The summed E-state index contributed by atoms with van der Waals surface area (Å²) in [5.41, 5.74) is 4.44. The maximum Gasteiger partial charge on any atom is 0.127 e. The molecule has 0 saturated heterocycles. The van der Waals surface area contributed by atoms with E-state index in [1.807, 2.05) is 12.1 Å². The first kappa shape index (κ1) is 16.2. The lowest BCUT2D eigenvalue weighted by atomic mass is 9.95. The highest BCUT2D eigenvalue weighted by molar-refractivity contribution is 9.10. The van der Waals surface area contributed by atoms with Gasteiger partial charge in [0.15, 0.2) is 0 Å². The van der Waals surface area contributed by atoms with Crippen LogP contribution in [0, 0.1) is 19.7 Å². The average Bonchev–Trinajstić information content (AvgIpc) is 2.40. The number of benzene rings is 2. The molecular weight excluding hydrogens is 329 g/mol. The second-order valence-electron chi connectivity index (χ2n) is 5.47. The Balaban J connectivity index is 2.30. The van der Waals surface area contributed by atoms with Gasteiger partial charge >= 0.3 is 0 Å². The van der Waals surface area contributed by atoms with Crippen LogP contribution >= 0.6 is 15.9 Å². The van der Waals surface area contributed by atoms with Crippen molar-refractivity contribution in [2.45, 2.75) is 33.2 Å². The fourth-order valence-corrected chi connectivity index (χ4v) is 3.01. The van der Waals surface area contributed by atoms with Gasteiger partial charge in [-0.25, -0.2) is 4.39 Å². The quantitative estimate of drug-likeness (QED) is 0.791. The standard InChI is InChI=1S/C18H21BrFN/c1-4-21-18(15-8-12(2)7-13(3)9-15)10-14-5-6-16(19)11-17(14)20/h5-9,11,18,21H,4,10H2,1-3H3. The summed E-state index contributed by atoms with van der Waals surface area (Å²) in [6, 6.07) is 11.9. The molecule has 2 aromatic carbocycles. The van der Waals surface area contributed by atoms with Crippen LogP contribution in [0.2, 0.25) is 0 Å². The zero-order valence-electron chi connectivity index (χ0n) is 12.7. The van der Waals surface area contributed by atoms with Gasteiger partial charge in [-0.3, -0.25) is 0 Å². The number of aryl methyl sites for hydroxylation is 2. The van der Waals surface area contributed by atoms with Gasteiger partial charge in [-0.15, -0.1) is 0 Å². The van der Waals surface area contributed by atoms with Crippen LogP contribution in [0.25, 0.3) is 0 Å². The molecule has 0 bridgehead atoms. The summed E-state index contributed by atoms with van der Waals surface area (Å²) < 4.78 is 14.8. The van der Waals surface area contributed by atoms with E-state index in [2.05, 4.69) is 60.2 Å². The molecule has 0 saturated carbocycles. The largest absolute Gasteiger partial charge is 0.310 e. The molecule has 1 unspecified atom stereocenters. The van der Waals surface area contributed by atoms with Crippen molar-refractivity contribution in [3.05, 3.63) is 68.9 Å². The van der Waals surface area contributed by atoms with Crippen LogP contribution in [0.5, 0.6) is 0 Å². The molecule has 0 aliphatic rings. The third-order valence-corrected chi connectivity index (χ3v) is 4.03. The Hall–Kier alpha value is -1.19. The first-order valence-electron chi connectivity index (χ1n) is 7.25. The highest BCUT2D eigenvalue weighted by Crippen LogP contribution is 2.24. The summed E-state index contributed by atoms with van der Waals surface area (Å²) >= 11 is 3.30. The zero-order chi connectivity index (χ0) is 15.4. The molecule has 0 fully saturated rings.